The zero-order valence-corrected chi connectivity index (χ0v) is 15.6. The highest BCUT2D eigenvalue weighted by Gasteiger charge is 2.37. The lowest BCUT2D eigenvalue weighted by Crippen LogP contribution is -2.33. The summed E-state index contributed by atoms with van der Waals surface area (Å²) in [5.74, 6) is -1.14. The Balaban J connectivity index is 1.91. The van der Waals surface area contributed by atoms with Crippen molar-refractivity contribution in [1.29, 1.82) is 0 Å². The van der Waals surface area contributed by atoms with Gasteiger partial charge in [-0.15, -0.1) is 0 Å². The van der Waals surface area contributed by atoms with Crippen LogP contribution in [0.2, 0.25) is 0 Å². The highest BCUT2D eigenvalue weighted by Crippen LogP contribution is 2.46. The lowest BCUT2D eigenvalue weighted by molar-refractivity contribution is 0.0697. The van der Waals surface area contributed by atoms with Gasteiger partial charge in [0.2, 0.25) is 0 Å². The fourth-order valence-electron chi connectivity index (χ4n) is 3.58. The van der Waals surface area contributed by atoms with Crippen molar-refractivity contribution >= 4 is 11.9 Å². The zero-order chi connectivity index (χ0) is 19.1. The van der Waals surface area contributed by atoms with Crippen LogP contribution >= 0.6 is 0 Å². The molecule has 1 aliphatic carbocycles. The summed E-state index contributed by atoms with van der Waals surface area (Å²) in [5.41, 5.74) is 2.91. The van der Waals surface area contributed by atoms with Crippen LogP contribution in [-0.2, 0) is 10.8 Å². The van der Waals surface area contributed by atoms with E-state index in [4.69, 9.17) is 9.84 Å². The summed E-state index contributed by atoms with van der Waals surface area (Å²) in [6, 6.07) is 11.7. The Kier molecular flexibility index (Phi) is 4.39. The number of carbonyl (C=O) groups excluding carboxylic acids is 1. The SMILES string of the molecule is CC1(C)CCC(C)(C)c2cc(OC(=O)c3cccc(C(=O)O)c3)ccc21. The maximum atomic E-state index is 12.4. The van der Waals surface area contributed by atoms with E-state index in [1.165, 1.54) is 23.3 Å². The molecule has 0 aliphatic heterocycles. The van der Waals surface area contributed by atoms with E-state index in [0.29, 0.717) is 5.75 Å². The fraction of sp³-hybridized carbons (Fsp3) is 0.364. The van der Waals surface area contributed by atoms with E-state index >= 15 is 0 Å². The Bertz CT molecular complexity index is 877. The zero-order valence-electron chi connectivity index (χ0n) is 15.6. The molecule has 1 N–H and O–H groups in total. The van der Waals surface area contributed by atoms with Crippen LogP contribution in [0.3, 0.4) is 0 Å². The van der Waals surface area contributed by atoms with Crippen molar-refractivity contribution in [3.63, 3.8) is 0 Å². The van der Waals surface area contributed by atoms with Crippen molar-refractivity contribution in [3.8, 4) is 5.75 Å². The first kappa shape index (κ1) is 18.2. The second kappa shape index (κ2) is 6.27. The number of esters is 1. The molecule has 0 unspecified atom stereocenters. The molecule has 0 spiro atoms. The van der Waals surface area contributed by atoms with Gasteiger partial charge in [-0.05, 0) is 65.1 Å². The largest absolute Gasteiger partial charge is 0.478 e. The topological polar surface area (TPSA) is 63.6 Å². The summed E-state index contributed by atoms with van der Waals surface area (Å²) in [6.45, 7) is 8.90. The number of carbonyl (C=O) groups is 2. The Morgan fingerprint density at radius 1 is 0.885 bits per heavy atom. The Morgan fingerprint density at radius 3 is 2.15 bits per heavy atom. The van der Waals surface area contributed by atoms with Gasteiger partial charge in [-0.2, -0.15) is 0 Å². The van der Waals surface area contributed by atoms with Crippen LogP contribution in [0.1, 0.15) is 72.4 Å². The molecule has 136 valence electrons. The molecule has 1 aliphatic rings. The minimum atomic E-state index is -1.07. The first-order valence-electron chi connectivity index (χ1n) is 8.81. The molecule has 0 atom stereocenters. The summed E-state index contributed by atoms with van der Waals surface area (Å²) < 4.78 is 5.53. The molecule has 0 saturated carbocycles. The maximum Gasteiger partial charge on any atom is 0.343 e. The van der Waals surface area contributed by atoms with Crippen molar-refractivity contribution in [2.45, 2.75) is 51.4 Å². The van der Waals surface area contributed by atoms with E-state index in [9.17, 15) is 9.59 Å². The second-order valence-corrected chi connectivity index (χ2v) is 8.25. The minimum absolute atomic E-state index is 0.0243. The van der Waals surface area contributed by atoms with E-state index in [1.54, 1.807) is 12.1 Å². The first-order chi connectivity index (χ1) is 12.1. The number of carboxylic acid groups (broad SMARTS) is 1. The second-order valence-electron chi connectivity index (χ2n) is 8.25. The molecule has 0 bridgehead atoms. The van der Waals surface area contributed by atoms with Gasteiger partial charge in [-0.25, -0.2) is 9.59 Å². The van der Waals surface area contributed by atoms with E-state index in [2.05, 4.69) is 27.7 Å². The number of rotatable bonds is 3. The predicted octanol–water partition coefficient (Wildman–Crippen LogP) is 4.95. The van der Waals surface area contributed by atoms with Gasteiger partial charge in [0.15, 0.2) is 0 Å². The number of hydrogen-bond acceptors (Lipinski definition) is 3. The van der Waals surface area contributed by atoms with Crippen molar-refractivity contribution in [3.05, 3.63) is 64.7 Å². The first-order valence-corrected chi connectivity index (χ1v) is 8.81. The Morgan fingerprint density at radius 2 is 1.50 bits per heavy atom. The van der Waals surface area contributed by atoms with Gasteiger partial charge in [0, 0.05) is 0 Å². The molecule has 0 heterocycles. The fourth-order valence-corrected chi connectivity index (χ4v) is 3.58. The van der Waals surface area contributed by atoms with Crippen LogP contribution in [0.5, 0.6) is 5.75 Å². The molecular weight excluding hydrogens is 328 g/mol. The van der Waals surface area contributed by atoms with E-state index in [-0.39, 0.29) is 22.0 Å². The lowest BCUT2D eigenvalue weighted by Gasteiger charge is -2.41. The molecular formula is C22H24O4. The molecule has 2 aromatic rings. The highest BCUT2D eigenvalue weighted by molar-refractivity contribution is 5.95. The third-order valence-corrected chi connectivity index (χ3v) is 5.38. The Hall–Kier alpha value is -2.62. The predicted molar refractivity (Wildman–Crippen MR) is 100 cm³/mol. The molecule has 26 heavy (non-hydrogen) atoms. The molecule has 3 rings (SSSR count). The third-order valence-electron chi connectivity index (χ3n) is 5.38. The number of carboxylic acids is 1. The van der Waals surface area contributed by atoms with Gasteiger partial charge >= 0.3 is 11.9 Å². The van der Waals surface area contributed by atoms with Crippen LogP contribution in [-0.4, -0.2) is 17.0 Å². The van der Waals surface area contributed by atoms with Crippen LogP contribution in [0.4, 0.5) is 0 Å². The number of fused-ring (bicyclic) bond motifs is 1. The molecule has 0 amide bonds. The van der Waals surface area contributed by atoms with Gasteiger partial charge in [0.25, 0.3) is 0 Å². The van der Waals surface area contributed by atoms with Crippen LogP contribution in [0.15, 0.2) is 42.5 Å². The van der Waals surface area contributed by atoms with E-state index in [0.717, 1.165) is 12.8 Å². The monoisotopic (exact) mass is 352 g/mol. The minimum Gasteiger partial charge on any atom is -0.478 e. The van der Waals surface area contributed by atoms with E-state index < -0.39 is 11.9 Å². The molecule has 4 nitrogen and oxygen atoms in total. The van der Waals surface area contributed by atoms with Gasteiger partial charge < -0.3 is 9.84 Å². The molecule has 0 radical (unpaired) electrons. The van der Waals surface area contributed by atoms with Crippen molar-refractivity contribution in [2.75, 3.05) is 0 Å². The van der Waals surface area contributed by atoms with Crippen LogP contribution < -0.4 is 4.74 Å². The number of hydrogen-bond donors (Lipinski definition) is 1. The average Bonchev–Trinajstić information content (AvgIpc) is 2.59. The molecule has 0 fully saturated rings. The summed E-state index contributed by atoms with van der Waals surface area (Å²) in [4.78, 5) is 23.5. The van der Waals surface area contributed by atoms with Crippen LogP contribution in [0.25, 0.3) is 0 Å². The number of aromatic carboxylic acids is 1. The van der Waals surface area contributed by atoms with Crippen molar-refractivity contribution in [2.24, 2.45) is 0 Å². The maximum absolute atomic E-state index is 12.4. The summed E-state index contributed by atoms with van der Waals surface area (Å²) in [7, 11) is 0. The average molecular weight is 352 g/mol. The smallest absolute Gasteiger partial charge is 0.343 e. The van der Waals surface area contributed by atoms with Gasteiger partial charge in [0.1, 0.15) is 5.75 Å². The molecule has 0 saturated heterocycles. The highest BCUT2D eigenvalue weighted by atomic mass is 16.5. The summed E-state index contributed by atoms with van der Waals surface area (Å²) in [5, 5.41) is 9.07. The lowest BCUT2D eigenvalue weighted by atomic mass is 9.63. The normalized spacial score (nSPS) is 17.2. The van der Waals surface area contributed by atoms with Gasteiger partial charge in [-0.3, -0.25) is 0 Å². The quantitative estimate of drug-likeness (QED) is 0.627. The number of ether oxygens (including phenoxy) is 1. The Labute approximate surface area is 153 Å². The number of benzene rings is 2. The van der Waals surface area contributed by atoms with E-state index in [1.807, 2.05) is 18.2 Å². The summed E-state index contributed by atoms with van der Waals surface area (Å²) >= 11 is 0. The third kappa shape index (κ3) is 3.36. The summed E-state index contributed by atoms with van der Waals surface area (Å²) in [6.07, 6.45) is 2.19. The molecule has 4 heteroatoms. The molecule has 2 aromatic carbocycles. The van der Waals surface area contributed by atoms with Crippen molar-refractivity contribution < 1.29 is 19.4 Å². The van der Waals surface area contributed by atoms with Gasteiger partial charge in [-0.1, -0.05) is 39.8 Å². The molecule has 0 aromatic heterocycles. The van der Waals surface area contributed by atoms with Crippen molar-refractivity contribution in [1.82, 2.24) is 0 Å². The van der Waals surface area contributed by atoms with Gasteiger partial charge in [0.05, 0.1) is 11.1 Å². The van der Waals surface area contributed by atoms with Crippen LogP contribution in [0, 0.1) is 0 Å². The standard InChI is InChI=1S/C22H24O4/c1-21(2)10-11-22(3,4)18-13-16(8-9-17(18)21)26-20(25)15-7-5-6-14(12-15)19(23)24/h5-9,12-13H,10-11H2,1-4H3,(H,23,24).